The lowest BCUT2D eigenvalue weighted by Crippen LogP contribution is -2.34. The molecule has 0 fully saturated rings. The molecule has 1 rings (SSSR count). The molecule has 9 heteroatoms. The molecule has 0 aromatic heterocycles. The van der Waals surface area contributed by atoms with E-state index in [0.717, 1.165) is 12.1 Å². The second kappa shape index (κ2) is 7.60. The number of sulfonamides is 1. The Morgan fingerprint density at radius 2 is 1.96 bits per heavy atom. The van der Waals surface area contributed by atoms with Crippen LogP contribution in [0.5, 0.6) is 0 Å². The monoisotopic (exact) mass is 347 g/mol. The van der Waals surface area contributed by atoms with Gasteiger partial charge in [-0.2, -0.15) is 0 Å². The normalized spacial score (nSPS) is 12.0. The first-order chi connectivity index (χ1) is 10.5. The number of nitrogen functional groups attached to an aromatic ring is 1. The lowest BCUT2D eigenvalue weighted by Gasteiger charge is -2.19. The van der Waals surface area contributed by atoms with E-state index in [1.807, 2.05) is 0 Å². The average molecular weight is 347 g/mol. The molecular weight excluding hydrogens is 325 g/mol. The van der Waals surface area contributed by atoms with E-state index in [4.69, 9.17) is 10.5 Å². The zero-order valence-electron chi connectivity index (χ0n) is 13.3. The van der Waals surface area contributed by atoms with Crippen molar-refractivity contribution in [3.05, 3.63) is 24.0 Å². The number of nitrogens with one attached hydrogen (secondary N) is 2. The second-order valence-corrected chi connectivity index (χ2v) is 7.61. The number of ether oxygens (including phenoxy) is 1. The Morgan fingerprint density at radius 1 is 1.30 bits per heavy atom. The lowest BCUT2D eigenvalue weighted by molar-refractivity contribution is 0.0527. The van der Waals surface area contributed by atoms with Gasteiger partial charge >= 0.3 is 6.09 Å². The molecule has 0 aliphatic carbocycles. The van der Waals surface area contributed by atoms with Crippen LogP contribution in [0.25, 0.3) is 0 Å². The van der Waals surface area contributed by atoms with Crippen LogP contribution in [0.15, 0.2) is 23.1 Å². The molecule has 0 heterocycles. The minimum atomic E-state index is -3.96. The number of carbonyl (C=O) groups excluding carboxylic acids is 1. The highest BCUT2D eigenvalue weighted by Gasteiger charge is 2.19. The third kappa shape index (κ3) is 6.83. The van der Waals surface area contributed by atoms with Gasteiger partial charge in [-0.25, -0.2) is 22.3 Å². The number of carbonyl (C=O) groups is 1. The van der Waals surface area contributed by atoms with Crippen molar-refractivity contribution in [1.29, 1.82) is 0 Å². The van der Waals surface area contributed by atoms with Gasteiger partial charge in [-0.3, -0.25) is 0 Å². The summed E-state index contributed by atoms with van der Waals surface area (Å²) >= 11 is 0. The number of nitrogens with two attached hydrogens (primary N) is 1. The molecular formula is C14H22FN3O4S. The molecule has 0 spiro atoms. The zero-order chi connectivity index (χ0) is 17.7. The third-order valence-corrected chi connectivity index (χ3v) is 4.05. The third-order valence-electron chi connectivity index (χ3n) is 2.56. The van der Waals surface area contributed by atoms with Crippen molar-refractivity contribution in [1.82, 2.24) is 10.0 Å². The molecule has 0 saturated heterocycles. The maximum absolute atomic E-state index is 13.6. The van der Waals surface area contributed by atoms with E-state index in [9.17, 15) is 17.6 Å². The van der Waals surface area contributed by atoms with E-state index < -0.39 is 32.4 Å². The number of anilines is 1. The highest BCUT2D eigenvalue weighted by Crippen LogP contribution is 2.16. The van der Waals surface area contributed by atoms with Crippen molar-refractivity contribution in [3.63, 3.8) is 0 Å². The minimum absolute atomic E-state index is 0.0436. The fraction of sp³-hybridized carbons (Fsp3) is 0.500. The van der Waals surface area contributed by atoms with E-state index >= 15 is 0 Å². The molecule has 0 atom stereocenters. The van der Waals surface area contributed by atoms with Crippen molar-refractivity contribution in [2.24, 2.45) is 0 Å². The largest absolute Gasteiger partial charge is 0.444 e. The number of rotatable bonds is 6. The van der Waals surface area contributed by atoms with Crippen LogP contribution in [0.1, 0.15) is 27.2 Å². The highest BCUT2D eigenvalue weighted by atomic mass is 32.2. The minimum Gasteiger partial charge on any atom is -0.444 e. The summed E-state index contributed by atoms with van der Waals surface area (Å²) in [5, 5.41) is 2.50. The Bertz CT molecular complexity index is 656. The first-order valence-corrected chi connectivity index (χ1v) is 8.51. The van der Waals surface area contributed by atoms with Crippen LogP contribution in [0.2, 0.25) is 0 Å². The van der Waals surface area contributed by atoms with Crippen LogP contribution in [0, 0.1) is 5.82 Å². The quantitative estimate of drug-likeness (QED) is 0.535. The topological polar surface area (TPSA) is 111 Å². The van der Waals surface area contributed by atoms with Gasteiger partial charge in [-0.1, -0.05) is 0 Å². The van der Waals surface area contributed by atoms with Gasteiger partial charge in [0.05, 0.1) is 0 Å². The average Bonchev–Trinajstić information content (AvgIpc) is 2.35. The van der Waals surface area contributed by atoms with Gasteiger partial charge in [-0.15, -0.1) is 0 Å². The molecule has 0 unspecified atom stereocenters. The summed E-state index contributed by atoms with van der Waals surface area (Å²) in [5.74, 6) is -0.913. The van der Waals surface area contributed by atoms with Crippen LogP contribution in [0.4, 0.5) is 14.9 Å². The Kier molecular flexibility index (Phi) is 6.34. The van der Waals surface area contributed by atoms with Crippen LogP contribution < -0.4 is 15.8 Å². The Balaban J connectivity index is 2.42. The standard InChI is InChI=1S/C14H22FN3O4S/c1-14(2,3)22-13(19)17-7-4-8-18-23(20,21)12-6-5-10(16)9-11(12)15/h5-6,9,18H,4,7-8,16H2,1-3H3,(H,17,19). The second-order valence-electron chi connectivity index (χ2n) is 5.87. The van der Waals surface area contributed by atoms with Crippen LogP contribution in [-0.2, 0) is 14.8 Å². The maximum atomic E-state index is 13.6. The molecule has 0 aliphatic rings. The Labute approximate surface area is 135 Å². The molecule has 0 aliphatic heterocycles. The van der Waals surface area contributed by atoms with Crippen molar-refractivity contribution >= 4 is 21.8 Å². The number of benzene rings is 1. The Hall–Kier alpha value is -1.87. The van der Waals surface area contributed by atoms with Crippen molar-refractivity contribution in [2.45, 2.75) is 37.7 Å². The van der Waals surface area contributed by atoms with Crippen molar-refractivity contribution in [3.8, 4) is 0 Å². The first-order valence-electron chi connectivity index (χ1n) is 7.03. The van der Waals surface area contributed by atoms with E-state index in [1.165, 1.54) is 6.07 Å². The number of hydrogen-bond donors (Lipinski definition) is 3. The molecule has 1 aromatic carbocycles. The number of alkyl carbamates (subject to hydrolysis) is 1. The van der Waals surface area contributed by atoms with Crippen molar-refractivity contribution in [2.75, 3.05) is 18.8 Å². The Morgan fingerprint density at radius 3 is 2.52 bits per heavy atom. The number of hydrogen-bond acceptors (Lipinski definition) is 5. The summed E-state index contributed by atoms with van der Waals surface area (Å²) in [6.07, 6.45) is -0.250. The molecule has 7 nitrogen and oxygen atoms in total. The van der Waals surface area contributed by atoms with Gasteiger partial charge in [0, 0.05) is 18.8 Å². The molecule has 130 valence electrons. The van der Waals surface area contributed by atoms with Crippen LogP contribution in [-0.4, -0.2) is 33.2 Å². The zero-order valence-corrected chi connectivity index (χ0v) is 14.2. The lowest BCUT2D eigenvalue weighted by atomic mass is 10.2. The predicted molar refractivity (Wildman–Crippen MR) is 84.9 cm³/mol. The van der Waals surface area contributed by atoms with Gasteiger partial charge in [0.2, 0.25) is 10.0 Å². The van der Waals surface area contributed by atoms with E-state index in [1.54, 1.807) is 20.8 Å². The fourth-order valence-electron chi connectivity index (χ4n) is 1.61. The van der Waals surface area contributed by atoms with Crippen LogP contribution >= 0.6 is 0 Å². The fourth-order valence-corrected chi connectivity index (χ4v) is 2.74. The van der Waals surface area contributed by atoms with Crippen LogP contribution in [0.3, 0.4) is 0 Å². The van der Waals surface area contributed by atoms with E-state index in [-0.39, 0.29) is 18.8 Å². The summed E-state index contributed by atoms with van der Waals surface area (Å²) in [7, 11) is -3.96. The molecule has 1 aromatic rings. The molecule has 4 N–H and O–H groups in total. The summed E-state index contributed by atoms with van der Waals surface area (Å²) < 4.78 is 44.8. The summed E-state index contributed by atoms with van der Waals surface area (Å²) in [4.78, 5) is 10.9. The molecule has 1 amide bonds. The summed E-state index contributed by atoms with van der Waals surface area (Å²) in [6, 6.07) is 3.35. The van der Waals surface area contributed by atoms with Gasteiger partial charge in [0.15, 0.2) is 0 Å². The van der Waals surface area contributed by atoms with E-state index in [0.29, 0.717) is 6.42 Å². The maximum Gasteiger partial charge on any atom is 0.407 e. The van der Waals surface area contributed by atoms with Gasteiger partial charge in [-0.05, 0) is 45.4 Å². The molecule has 0 saturated carbocycles. The molecule has 23 heavy (non-hydrogen) atoms. The molecule has 0 radical (unpaired) electrons. The first kappa shape index (κ1) is 19.2. The van der Waals surface area contributed by atoms with Gasteiger partial charge < -0.3 is 15.8 Å². The number of halogens is 1. The summed E-state index contributed by atoms with van der Waals surface area (Å²) in [6.45, 7) is 5.48. The van der Waals surface area contributed by atoms with Gasteiger partial charge in [0.1, 0.15) is 16.3 Å². The predicted octanol–water partition coefficient (Wildman–Crippen LogP) is 1.60. The highest BCUT2D eigenvalue weighted by molar-refractivity contribution is 7.89. The SMILES string of the molecule is CC(C)(C)OC(=O)NCCCNS(=O)(=O)c1ccc(N)cc1F. The van der Waals surface area contributed by atoms with E-state index in [2.05, 4.69) is 10.0 Å². The van der Waals surface area contributed by atoms with Crippen molar-refractivity contribution < 1.29 is 22.3 Å². The molecule has 0 bridgehead atoms. The number of amides is 1. The summed E-state index contributed by atoms with van der Waals surface area (Å²) in [5.41, 5.74) is 4.92. The van der Waals surface area contributed by atoms with Gasteiger partial charge in [0.25, 0.3) is 0 Å². The smallest absolute Gasteiger partial charge is 0.407 e.